The average Bonchev–Trinajstić information content (AvgIpc) is 2.48. The molecule has 0 saturated carbocycles. The lowest BCUT2D eigenvalue weighted by atomic mass is 10.0. The minimum Gasteiger partial charge on any atom is -0.341 e. The van der Waals surface area contributed by atoms with Gasteiger partial charge in [0.2, 0.25) is 0 Å². The summed E-state index contributed by atoms with van der Waals surface area (Å²) in [6.07, 6.45) is 0.873. The highest BCUT2D eigenvalue weighted by molar-refractivity contribution is 5.67. The van der Waals surface area contributed by atoms with Crippen LogP contribution in [0.15, 0.2) is 48.5 Å². The smallest absolute Gasteiger partial charge is 0.125 e. The average molecular weight is 272 g/mol. The largest absolute Gasteiger partial charge is 0.341 e. The van der Waals surface area contributed by atoms with Crippen LogP contribution in [-0.4, -0.2) is 6.54 Å². The van der Waals surface area contributed by atoms with Crippen molar-refractivity contribution in [3.05, 3.63) is 59.9 Å². The highest BCUT2D eigenvalue weighted by Gasteiger charge is 2.15. The first kappa shape index (κ1) is 14.5. The molecule has 2 N–H and O–H groups in total. The standard InChI is InChI=1S/C17H21FN2/c1-3-16(19)15-10-5-6-11-17(15)20(4-2)14-9-7-8-13(18)12-14/h5-12,16H,3-4,19H2,1-2H3/t16-/m1/s1. The molecule has 0 aliphatic rings. The summed E-state index contributed by atoms with van der Waals surface area (Å²) in [5, 5.41) is 0. The van der Waals surface area contributed by atoms with E-state index >= 15 is 0 Å². The van der Waals surface area contributed by atoms with Gasteiger partial charge in [-0.2, -0.15) is 0 Å². The number of para-hydroxylation sites is 1. The van der Waals surface area contributed by atoms with E-state index < -0.39 is 0 Å². The number of halogens is 1. The van der Waals surface area contributed by atoms with Crippen molar-refractivity contribution in [2.45, 2.75) is 26.3 Å². The van der Waals surface area contributed by atoms with Crippen LogP contribution in [0.1, 0.15) is 31.9 Å². The Morgan fingerprint density at radius 2 is 1.85 bits per heavy atom. The number of rotatable bonds is 5. The fraction of sp³-hybridized carbons (Fsp3) is 0.294. The molecule has 106 valence electrons. The fourth-order valence-corrected chi connectivity index (χ4v) is 2.40. The summed E-state index contributed by atoms with van der Waals surface area (Å²) in [6.45, 7) is 4.88. The number of benzene rings is 2. The molecule has 0 aromatic heterocycles. The molecule has 2 rings (SSSR count). The molecular formula is C17H21FN2. The number of nitrogens with zero attached hydrogens (tertiary/aromatic N) is 1. The molecule has 20 heavy (non-hydrogen) atoms. The van der Waals surface area contributed by atoms with Gasteiger partial charge in [-0.3, -0.25) is 0 Å². The third kappa shape index (κ3) is 2.99. The van der Waals surface area contributed by atoms with E-state index in [-0.39, 0.29) is 11.9 Å². The second-order valence-electron chi connectivity index (χ2n) is 4.80. The van der Waals surface area contributed by atoms with Crippen LogP contribution < -0.4 is 10.6 Å². The van der Waals surface area contributed by atoms with Crippen LogP contribution in [0.3, 0.4) is 0 Å². The maximum absolute atomic E-state index is 13.5. The van der Waals surface area contributed by atoms with Gasteiger partial charge < -0.3 is 10.6 Å². The zero-order valence-corrected chi connectivity index (χ0v) is 12.0. The molecule has 0 radical (unpaired) electrons. The van der Waals surface area contributed by atoms with Gasteiger partial charge in [-0.25, -0.2) is 4.39 Å². The first-order valence-electron chi connectivity index (χ1n) is 7.05. The van der Waals surface area contributed by atoms with Crippen LogP contribution >= 0.6 is 0 Å². The molecule has 2 aromatic rings. The minimum absolute atomic E-state index is 0.00573. The van der Waals surface area contributed by atoms with Crippen molar-refractivity contribution in [3.8, 4) is 0 Å². The van der Waals surface area contributed by atoms with Crippen molar-refractivity contribution < 1.29 is 4.39 Å². The Morgan fingerprint density at radius 3 is 2.50 bits per heavy atom. The van der Waals surface area contributed by atoms with E-state index in [9.17, 15) is 4.39 Å². The Labute approximate surface area is 120 Å². The monoisotopic (exact) mass is 272 g/mol. The van der Waals surface area contributed by atoms with Gasteiger partial charge in [0.25, 0.3) is 0 Å². The molecule has 0 aliphatic carbocycles. The number of anilines is 2. The normalized spacial score (nSPS) is 12.2. The van der Waals surface area contributed by atoms with Gasteiger partial charge in [-0.05, 0) is 43.2 Å². The summed E-state index contributed by atoms with van der Waals surface area (Å²) < 4.78 is 13.5. The van der Waals surface area contributed by atoms with E-state index in [1.807, 2.05) is 30.3 Å². The first-order valence-corrected chi connectivity index (χ1v) is 7.05. The fourth-order valence-electron chi connectivity index (χ4n) is 2.40. The molecule has 1 atom stereocenters. The molecule has 2 nitrogen and oxygen atoms in total. The Hall–Kier alpha value is -1.87. The maximum Gasteiger partial charge on any atom is 0.125 e. The van der Waals surface area contributed by atoms with E-state index in [2.05, 4.69) is 18.7 Å². The van der Waals surface area contributed by atoms with Crippen molar-refractivity contribution in [3.63, 3.8) is 0 Å². The Bertz CT molecular complexity index is 568. The van der Waals surface area contributed by atoms with E-state index in [0.29, 0.717) is 0 Å². The van der Waals surface area contributed by atoms with Crippen LogP contribution in [0.25, 0.3) is 0 Å². The molecule has 0 unspecified atom stereocenters. The molecule has 0 bridgehead atoms. The molecule has 0 heterocycles. The predicted molar refractivity (Wildman–Crippen MR) is 82.7 cm³/mol. The van der Waals surface area contributed by atoms with E-state index in [0.717, 1.165) is 29.9 Å². The van der Waals surface area contributed by atoms with Gasteiger partial charge in [0.15, 0.2) is 0 Å². The first-order chi connectivity index (χ1) is 9.67. The van der Waals surface area contributed by atoms with Crippen molar-refractivity contribution in [1.82, 2.24) is 0 Å². The highest BCUT2D eigenvalue weighted by Crippen LogP contribution is 2.32. The summed E-state index contributed by atoms with van der Waals surface area (Å²) >= 11 is 0. The van der Waals surface area contributed by atoms with Crippen LogP contribution in [0, 0.1) is 5.82 Å². The lowest BCUT2D eigenvalue weighted by Crippen LogP contribution is -2.20. The van der Waals surface area contributed by atoms with Gasteiger partial charge >= 0.3 is 0 Å². The van der Waals surface area contributed by atoms with Crippen LogP contribution in [0.4, 0.5) is 15.8 Å². The van der Waals surface area contributed by atoms with Gasteiger partial charge in [0, 0.05) is 24.0 Å². The molecule has 2 aromatic carbocycles. The Morgan fingerprint density at radius 1 is 1.10 bits per heavy atom. The topological polar surface area (TPSA) is 29.3 Å². The van der Waals surface area contributed by atoms with E-state index in [4.69, 9.17) is 5.73 Å². The SMILES string of the molecule is CC[C@@H](N)c1ccccc1N(CC)c1cccc(F)c1. The van der Waals surface area contributed by atoms with E-state index in [1.165, 1.54) is 6.07 Å². The lowest BCUT2D eigenvalue weighted by Gasteiger charge is -2.27. The van der Waals surface area contributed by atoms with Crippen LogP contribution in [-0.2, 0) is 0 Å². The van der Waals surface area contributed by atoms with Crippen molar-refractivity contribution in [2.24, 2.45) is 5.73 Å². The number of nitrogens with two attached hydrogens (primary N) is 1. The van der Waals surface area contributed by atoms with Crippen molar-refractivity contribution in [1.29, 1.82) is 0 Å². The van der Waals surface area contributed by atoms with E-state index in [1.54, 1.807) is 12.1 Å². The zero-order chi connectivity index (χ0) is 14.5. The third-order valence-corrected chi connectivity index (χ3v) is 3.50. The predicted octanol–water partition coefficient (Wildman–Crippen LogP) is 4.39. The zero-order valence-electron chi connectivity index (χ0n) is 12.0. The Kier molecular flexibility index (Phi) is 4.74. The second-order valence-corrected chi connectivity index (χ2v) is 4.80. The van der Waals surface area contributed by atoms with Gasteiger partial charge in [0.05, 0.1) is 0 Å². The second kappa shape index (κ2) is 6.53. The molecular weight excluding hydrogens is 251 g/mol. The van der Waals surface area contributed by atoms with Crippen LogP contribution in [0.5, 0.6) is 0 Å². The highest BCUT2D eigenvalue weighted by atomic mass is 19.1. The third-order valence-electron chi connectivity index (χ3n) is 3.50. The molecule has 0 amide bonds. The molecule has 0 saturated heterocycles. The summed E-state index contributed by atoms with van der Waals surface area (Å²) in [5.74, 6) is -0.224. The van der Waals surface area contributed by atoms with Gasteiger partial charge in [-0.15, -0.1) is 0 Å². The van der Waals surface area contributed by atoms with Crippen molar-refractivity contribution in [2.75, 3.05) is 11.4 Å². The molecule has 0 fully saturated rings. The molecule has 0 spiro atoms. The lowest BCUT2D eigenvalue weighted by molar-refractivity contribution is 0.627. The summed E-state index contributed by atoms with van der Waals surface area (Å²) in [5.41, 5.74) is 9.19. The molecule has 3 heteroatoms. The molecule has 0 aliphatic heterocycles. The Balaban J connectivity index is 2.47. The summed E-state index contributed by atoms with van der Waals surface area (Å²) in [6, 6.07) is 14.7. The maximum atomic E-state index is 13.5. The van der Waals surface area contributed by atoms with Crippen molar-refractivity contribution >= 4 is 11.4 Å². The van der Waals surface area contributed by atoms with Gasteiger partial charge in [0.1, 0.15) is 5.82 Å². The number of hydrogen-bond donors (Lipinski definition) is 1. The summed E-state index contributed by atoms with van der Waals surface area (Å²) in [7, 11) is 0. The van der Waals surface area contributed by atoms with Gasteiger partial charge in [-0.1, -0.05) is 31.2 Å². The quantitative estimate of drug-likeness (QED) is 0.874. The minimum atomic E-state index is -0.224. The number of hydrogen-bond acceptors (Lipinski definition) is 2. The van der Waals surface area contributed by atoms with Crippen LogP contribution in [0.2, 0.25) is 0 Å². The summed E-state index contributed by atoms with van der Waals surface area (Å²) in [4.78, 5) is 2.09.